The van der Waals surface area contributed by atoms with E-state index in [1.54, 1.807) is 19.1 Å². The molecular formula is C22H25N3O2. The predicted molar refractivity (Wildman–Crippen MR) is 108 cm³/mol. The van der Waals surface area contributed by atoms with Crippen LogP contribution in [0.4, 0.5) is 5.69 Å². The molecule has 0 saturated carbocycles. The Morgan fingerprint density at radius 2 is 1.85 bits per heavy atom. The second-order valence-corrected chi connectivity index (χ2v) is 7.03. The van der Waals surface area contributed by atoms with Crippen LogP contribution in [-0.4, -0.2) is 17.5 Å². The Hall–Kier alpha value is -2.95. The van der Waals surface area contributed by atoms with E-state index < -0.39 is 0 Å². The quantitative estimate of drug-likeness (QED) is 0.622. The van der Waals surface area contributed by atoms with Crippen molar-refractivity contribution in [3.8, 4) is 0 Å². The second kappa shape index (κ2) is 8.62. The molecule has 0 bridgehead atoms. The second-order valence-electron chi connectivity index (χ2n) is 7.03. The monoisotopic (exact) mass is 363 g/mol. The Labute approximate surface area is 159 Å². The number of hydrogen-bond donors (Lipinski definition) is 2. The summed E-state index contributed by atoms with van der Waals surface area (Å²) >= 11 is 0. The van der Waals surface area contributed by atoms with Crippen LogP contribution >= 0.6 is 0 Å². The van der Waals surface area contributed by atoms with Crippen LogP contribution in [0, 0.1) is 6.92 Å². The first kappa shape index (κ1) is 18.8. The lowest BCUT2D eigenvalue weighted by molar-refractivity contribution is -0.115. The van der Waals surface area contributed by atoms with E-state index in [1.807, 2.05) is 31.2 Å². The lowest BCUT2D eigenvalue weighted by Gasteiger charge is -2.19. The maximum absolute atomic E-state index is 12.4. The lowest BCUT2D eigenvalue weighted by Crippen LogP contribution is -2.22. The first-order valence-corrected chi connectivity index (χ1v) is 9.34. The average molecular weight is 363 g/mol. The van der Waals surface area contributed by atoms with Crippen molar-refractivity contribution in [2.75, 3.05) is 5.32 Å². The number of carbonyl (C=O) groups excluding carboxylic acids is 2. The molecule has 0 radical (unpaired) electrons. The molecule has 140 valence electrons. The van der Waals surface area contributed by atoms with Crippen LogP contribution < -0.4 is 10.7 Å². The molecule has 0 spiro atoms. The number of aryl methyl sites for hydroxylation is 2. The molecule has 5 heteroatoms. The zero-order valence-electron chi connectivity index (χ0n) is 15.8. The Kier molecular flexibility index (Phi) is 6.01. The molecular weight excluding hydrogens is 338 g/mol. The van der Waals surface area contributed by atoms with Crippen LogP contribution in [0.3, 0.4) is 0 Å². The number of hydrogen-bond acceptors (Lipinski definition) is 3. The number of anilines is 1. The van der Waals surface area contributed by atoms with E-state index >= 15 is 0 Å². The highest BCUT2D eigenvalue weighted by Gasteiger charge is 2.15. The molecule has 1 aliphatic rings. The fourth-order valence-corrected chi connectivity index (χ4v) is 3.36. The normalized spacial score (nSPS) is 13.6. The van der Waals surface area contributed by atoms with Gasteiger partial charge in [0.25, 0.3) is 5.91 Å². The smallest absolute Gasteiger partial charge is 0.271 e. The third-order valence-corrected chi connectivity index (χ3v) is 4.71. The summed E-state index contributed by atoms with van der Waals surface area (Å²) in [7, 11) is 0. The first-order chi connectivity index (χ1) is 13.0. The van der Waals surface area contributed by atoms with Crippen LogP contribution in [0.15, 0.2) is 47.6 Å². The van der Waals surface area contributed by atoms with Gasteiger partial charge in [-0.15, -0.1) is 0 Å². The van der Waals surface area contributed by atoms with E-state index in [9.17, 15) is 9.59 Å². The molecule has 0 aromatic heterocycles. The summed E-state index contributed by atoms with van der Waals surface area (Å²) in [5.74, 6) is -0.407. The van der Waals surface area contributed by atoms with Gasteiger partial charge in [-0.05, 0) is 68.9 Å². The summed E-state index contributed by atoms with van der Waals surface area (Å²) in [6, 6.07) is 13.4. The number of benzene rings is 2. The summed E-state index contributed by atoms with van der Waals surface area (Å²) in [5, 5.41) is 7.05. The average Bonchev–Trinajstić information content (AvgIpc) is 2.66. The highest BCUT2D eigenvalue weighted by atomic mass is 16.2. The lowest BCUT2D eigenvalue weighted by atomic mass is 9.90. The Morgan fingerprint density at radius 3 is 2.67 bits per heavy atom. The Morgan fingerprint density at radius 1 is 1.07 bits per heavy atom. The molecule has 1 aliphatic carbocycles. The molecule has 0 aliphatic heterocycles. The van der Waals surface area contributed by atoms with E-state index in [4.69, 9.17) is 0 Å². The minimum absolute atomic E-state index is 0.125. The number of amides is 2. The standard InChI is InChI=1S/C22H25N3O2/c1-15-7-5-10-18(13-15)22(27)25-24-16(2)14-21(26)23-20-12-6-9-17-8-3-4-11-19(17)20/h5-7,9-10,12-13H,3-4,8,11,14H2,1-2H3,(H,23,26)(H,25,27)/b24-16+. The zero-order chi connectivity index (χ0) is 19.2. The highest BCUT2D eigenvalue weighted by Crippen LogP contribution is 2.27. The SMILES string of the molecule is C/C(CC(=O)Nc1cccc2c1CCCC2)=N\NC(=O)c1cccc(C)c1. The van der Waals surface area contributed by atoms with Gasteiger partial charge in [0.1, 0.15) is 0 Å². The van der Waals surface area contributed by atoms with E-state index in [2.05, 4.69) is 21.9 Å². The number of rotatable bonds is 5. The van der Waals surface area contributed by atoms with Crippen molar-refractivity contribution in [1.29, 1.82) is 0 Å². The number of nitrogens with zero attached hydrogens (tertiary/aromatic N) is 1. The summed E-state index contributed by atoms with van der Waals surface area (Å²) < 4.78 is 0. The van der Waals surface area contributed by atoms with E-state index in [0.29, 0.717) is 11.3 Å². The van der Waals surface area contributed by atoms with Gasteiger partial charge in [0.2, 0.25) is 5.91 Å². The number of fused-ring (bicyclic) bond motifs is 1. The third-order valence-electron chi connectivity index (χ3n) is 4.71. The van der Waals surface area contributed by atoms with Crippen LogP contribution in [-0.2, 0) is 17.6 Å². The van der Waals surface area contributed by atoms with Crippen molar-refractivity contribution in [1.82, 2.24) is 5.43 Å². The fraction of sp³-hybridized carbons (Fsp3) is 0.318. The molecule has 2 aromatic carbocycles. The van der Waals surface area contributed by atoms with Crippen molar-refractivity contribution in [3.63, 3.8) is 0 Å². The third kappa shape index (κ3) is 5.03. The summed E-state index contributed by atoms with van der Waals surface area (Å²) in [5.41, 5.74) is 8.10. The Balaban J connectivity index is 1.58. The van der Waals surface area contributed by atoms with Gasteiger partial charge < -0.3 is 5.32 Å². The summed E-state index contributed by atoms with van der Waals surface area (Å²) in [4.78, 5) is 24.5. The zero-order valence-corrected chi connectivity index (χ0v) is 15.8. The van der Waals surface area contributed by atoms with Crippen molar-refractivity contribution >= 4 is 23.2 Å². The largest absolute Gasteiger partial charge is 0.325 e. The minimum atomic E-state index is -0.282. The number of carbonyl (C=O) groups is 2. The van der Waals surface area contributed by atoms with E-state index in [1.165, 1.54) is 17.5 Å². The molecule has 2 amide bonds. The minimum Gasteiger partial charge on any atom is -0.325 e. The van der Waals surface area contributed by atoms with Crippen LogP contribution in [0.2, 0.25) is 0 Å². The van der Waals surface area contributed by atoms with Crippen LogP contribution in [0.5, 0.6) is 0 Å². The molecule has 3 rings (SSSR count). The number of nitrogens with one attached hydrogen (secondary N) is 2. The van der Waals surface area contributed by atoms with Gasteiger partial charge >= 0.3 is 0 Å². The van der Waals surface area contributed by atoms with Gasteiger partial charge in [0, 0.05) is 17.0 Å². The first-order valence-electron chi connectivity index (χ1n) is 9.34. The maximum atomic E-state index is 12.4. The van der Waals surface area contributed by atoms with Gasteiger partial charge in [0.05, 0.1) is 6.42 Å². The van der Waals surface area contributed by atoms with E-state index in [0.717, 1.165) is 30.5 Å². The molecule has 2 aromatic rings. The Bertz CT molecular complexity index is 887. The van der Waals surface area contributed by atoms with Gasteiger partial charge in [0.15, 0.2) is 0 Å². The molecule has 2 N–H and O–H groups in total. The highest BCUT2D eigenvalue weighted by molar-refractivity contribution is 6.06. The molecule has 0 unspecified atom stereocenters. The van der Waals surface area contributed by atoms with Crippen LogP contribution in [0.1, 0.15) is 53.2 Å². The van der Waals surface area contributed by atoms with Crippen molar-refractivity contribution < 1.29 is 9.59 Å². The molecule has 0 atom stereocenters. The molecule has 5 nitrogen and oxygen atoms in total. The number of hydrazone groups is 1. The fourth-order valence-electron chi connectivity index (χ4n) is 3.36. The van der Waals surface area contributed by atoms with Gasteiger partial charge in [-0.1, -0.05) is 29.8 Å². The molecule has 0 heterocycles. The van der Waals surface area contributed by atoms with Crippen molar-refractivity contribution in [2.24, 2.45) is 5.10 Å². The predicted octanol–water partition coefficient (Wildman–Crippen LogP) is 4.01. The molecule has 0 fully saturated rings. The van der Waals surface area contributed by atoms with Gasteiger partial charge in [-0.25, -0.2) is 5.43 Å². The summed E-state index contributed by atoms with van der Waals surface area (Å²) in [6.07, 6.45) is 4.58. The topological polar surface area (TPSA) is 70.6 Å². The molecule has 0 saturated heterocycles. The van der Waals surface area contributed by atoms with Gasteiger partial charge in [-0.2, -0.15) is 5.10 Å². The van der Waals surface area contributed by atoms with Gasteiger partial charge in [-0.3, -0.25) is 9.59 Å². The molecule has 27 heavy (non-hydrogen) atoms. The maximum Gasteiger partial charge on any atom is 0.271 e. The summed E-state index contributed by atoms with van der Waals surface area (Å²) in [6.45, 7) is 3.66. The van der Waals surface area contributed by atoms with Crippen LogP contribution in [0.25, 0.3) is 0 Å². The van der Waals surface area contributed by atoms with Crippen molar-refractivity contribution in [2.45, 2.75) is 46.0 Å². The van der Waals surface area contributed by atoms with E-state index in [-0.39, 0.29) is 18.2 Å². The van der Waals surface area contributed by atoms with Crippen molar-refractivity contribution in [3.05, 3.63) is 64.7 Å².